The Morgan fingerprint density at radius 1 is 0.972 bits per heavy atom. The molecule has 0 spiro atoms. The van der Waals surface area contributed by atoms with Crippen molar-refractivity contribution in [3.63, 3.8) is 0 Å². The second kappa shape index (κ2) is 9.91. The van der Waals surface area contributed by atoms with Crippen LogP contribution in [0.15, 0.2) is 42.5 Å². The normalized spacial score (nSPS) is 28.0. The number of alkyl halides is 2. The van der Waals surface area contributed by atoms with Gasteiger partial charge in [-0.05, 0) is 67.8 Å². The molecule has 2 saturated heterocycles. The molecule has 3 amide bonds. The molecule has 0 unspecified atom stereocenters. The van der Waals surface area contributed by atoms with Gasteiger partial charge in [-0.3, -0.25) is 19.2 Å². The SMILES string of the molecule is Cc1cc(OC(=O)[C@@H]2CC(=O)N(c3ccc(Cl)cc3)C2)ccc1N1C(=O)[C@H]2C[C@H](Br)[C@@H](Br)C[C@H]2C1=O. The van der Waals surface area contributed by atoms with Gasteiger partial charge < -0.3 is 9.64 Å². The van der Waals surface area contributed by atoms with Gasteiger partial charge in [0.1, 0.15) is 5.75 Å². The van der Waals surface area contributed by atoms with Crippen molar-refractivity contribution < 1.29 is 23.9 Å². The van der Waals surface area contributed by atoms with Gasteiger partial charge >= 0.3 is 5.97 Å². The number of benzene rings is 2. The zero-order valence-electron chi connectivity index (χ0n) is 19.3. The van der Waals surface area contributed by atoms with E-state index in [4.69, 9.17) is 16.3 Å². The lowest BCUT2D eigenvalue weighted by Crippen LogP contribution is -2.34. The van der Waals surface area contributed by atoms with E-state index in [-0.39, 0.29) is 52.2 Å². The van der Waals surface area contributed by atoms with Crippen LogP contribution in [-0.2, 0) is 19.2 Å². The summed E-state index contributed by atoms with van der Waals surface area (Å²) in [7, 11) is 0. The average molecular weight is 639 g/mol. The molecule has 2 aromatic rings. The molecule has 2 aromatic carbocycles. The number of nitrogens with zero attached hydrogens (tertiary/aromatic N) is 2. The lowest BCUT2D eigenvalue weighted by atomic mass is 9.81. The number of anilines is 2. The van der Waals surface area contributed by atoms with E-state index >= 15 is 0 Å². The third kappa shape index (κ3) is 4.61. The molecule has 0 radical (unpaired) electrons. The Morgan fingerprint density at radius 2 is 1.58 bits per heavy atom. The Bertz CT molecular complexity index is 1230. The van der Waals surface area contributed by atoms with Crippen molar-refractivity contribution in [2.24, 2.45) is 17.8 Å². The molecule has 3 fully saturated rings. The molecule has 2 aliphatic heterocycles. The number of esters is 1. The number of imide groups is 1. The third-order valence-electron chi connectivity index (χ3n) is 7.14. The Kier molecular flexibility index (Phi) is 7.00. The number of hydrogen-bond donors (Lipinski definition) is 0. The number of fused-ring (bicyclic) bond motifs is 1. The first-order valence-electron chi connectivity index (χ1n) is 11.7. The number of rotatable bonds is 4. The van der Waals surface area contributed by atoms with Crippen LogP contribution in [0.4, 0.5) is 11.4 Å². The van der Waals surface area contributed by atoms with E-state index < -0.39 is 11.9 Å². The van der Waals surface area contributed by atoms with Gasteiger partial charge in [-0.15, -0.1) is 0 Å². The van der Waals surface area contributed by atoms with Crippen molar-refractivity contribution in [2.75, 3.05) is 16.3 Å². The first kappa shape index (κ1) is 25.4. The minimum absolute atomic E-state index is 0.0568. The first-order valence-corrected chi connectivity index (χ1v) is 13.9. The third-order valence-corrected chi connectivity index (χ3v) is 10.1. The number of amides is 3. The topological polar surface area (TPSA) is 84.0 Å². The maximum Gasteiger partial charge on any atom is 0.316 e. The van der Waals surface area contributed by atoms with E-state index in [1.165, 1.54) is 4.90 Å². The van der Waals surface area contributed by atoms with Crippen molar-refractivity contribution in [1.29, 1.82) is 0 Å². The van der Waals surface area contributed by atoms with E-state index in [1.807, 2.05) is 0 Å². The quantitative estimate of drug-likeness (QED) is 0.203. The van der Waals surface area contributed by atoms with Crippen LogP contribution in [0, 0.1) is 24.7 Å². The molecule has 10 heteroatoms. The second-order valence-electron chi connectivity index (χ2n) is 9.48. The van der Waals surface area contributed by atoms with Gasteiger partial charge in [-0.1, -0.05) is 43.5 Å². The Balaban J connectivity index is 1.28. The number of carbonyl (C=O) groups is 4. The van der Waals surface area contributed by atoms with E-state index in [0.717, 1.165) is 0 Å². The molecule has 5 rings (SSSR count). The van der Waals surface area contributed by atoms with Crippen LogP contribution in [0.3, 0.4) is 0 Å². The molecule has 0 aromatic heterocycles. The Hall–Kier alpha value is -2.23. The molecule has 7 nitrogen and oxygen atoms in total. The van der Waals surface area contributed by atoms with Crippen LogP contribution < -0.4 is 14.5 Å². The van der Waals surface area contributed by atoms with Crippen LogP contribution >= 0.6 is 43.5 Å². The van der Waals surface area contributed by atoms with Gasteiger partial charge in [-0.25, -0.2) is 4.90 Å². The van der Waals surface area contributed by atoms with E-state index in [9.17, 15) is 19.2 Å². The summed E-state index contributed by atoms with van der Waals surface area (Å²) in [6.45, 7) is 2.00. The molecule has 5 atom stereocenters. The van der Waals surface area contributed by atoms with Gasteiger partial charge in [0.15, 0.2) is 0 Å². The lowest BCUT2D eigenvalue weighted by Gasteiger charge is -2.29. The summed E-state index contributed by atoms with van der Waals surface area (Å²) in [5.74, 6) is -2.01. The summed E-state index contributed by atoms with van der Waals surface area (Å²) < 4.78 is 5.59. The summed E-state index contributed by atoms with van der Waals surface area (Å²) in [5.41, 5.74) is 1.83. The predicted molar refractivity (Wildman–Crippen MR) is 143 cm³/mol. The molecule has 1 aliphatic carbocycles. The van der Waals surface area contributed by atoms with Crippen LogP contribution in [0.25, 0.3) is 0 Å². The zero-order valence-corrected chi connectivity index (χ0v) is 23.3. The van der Waals surface area contributed by atoms with Crippen molar-refractivity contribution in [3.8, 4) is 5.75 Å². The number of halogens is 3. The molecule has 0 N–H and O–H groups in total. The highest BCUT2D eigenvalue weighted by atomic mass is 79.9. The minimum Gasteiger partial charge on any atom is -0.426 e. The summed E-state index contributed by atoms with van der Waals surface area (Å²) in [6.07, 6.45) is 1.26. The number of aryl methyl sites for hydroxylation is 1. The van der Waals surface area contributed by atoms with Crippen molar-refractivity contribution in [1.82, 2.24) is 0 Å². The molecule has 36 heavy (non-hydrogen) atoms. The largest absolute Gasteiger partial charge is 0.426 e. The first-order chi connectivity index (χ1) is 17.1. The van der Waals surface area contributed by atoms with Gasteiger partial charge in [-0.2, -0.15) is 0 Å². The number of hydrogen-bond acceptors (Lipinski definition) is 5. The van der Waals surface area contributed by atoms with Crippen LogP contribution in [0.5, 0.6) is 5.75 Å². The van der Waals surface area contributed by atoms with Crippen molar-refractivity contribution in [3.05, 3.63) is 53.1 Å². The van der Waals surface area contributed by atoms with Crippen LogP contribution in [0.1, 0.15) is 24.8 Å². The van der Waals surface area contributed by atoms with Crippen molar-refractivity contribution in [2.45, 2.75) is 35.8 Å². The number of carbonyl (C=O) groups excluding carboxylic acids is 4. The molecular formula is C26H23Br2ClN2O5. The Labute approximate surface area is 230 Å². The molecule has 2 heterocycles. The summed E-state index contributed by atoms with van der Waals surface area (Å²) >= 11 is 13.1. The fourth-order valence-corrected chi connectivity index (χ4v) is 6.57. The van der Waals surface area contributed by atoms with Gasteiger partial charge in [0, 0.05) is 33.3 Å². The molecule has 0 bridgehead atoms. The van der Waals surface area contributed by atoms with Crippen LogP contribution in [0.2, 0.25) is 5.02 Å². The van der Waals surface area contributed by atoms with E-state index in [1.54, 1.807) is 54.3 Å². The minimum atomic E-state index is -0.604. The fourth-order valence-electron chi connectivity index (χ4n) is 5.21. The predicted octanol–water partition coefficient (Wildman–Crippen LogP) is 5.03. The highest BCUT2D eigenvalue weighted by Gasteiger charge is 2.52. The molecule has 1 saturated carbocycles. The Morgan fingerprint density at radius 3 is 2.17 bits per heavy atom. The number of ether oxygens (including phenoxy) is 1. The monoisotopic (exact) mass is 636 g/mol. The molecular weight excluding hydrogens is 616 g/mol. The maximum absolute atomic E-state index is 13.1. The zero-order chi connectivity index (χ0) is 25.7. The fraction of sp³-hybridized carbons (Fsp3) is 0.385. The van der Waals surface area contributed by atoms with E-state index in [0.29, 0.717) is 40.6 Å². The standard InChI is InChI=1S/C26H23Br2ClN2O5/c1-13-8-17(36-26(35)14-9-23(32)30(12-14)16-4-2-15(29)3-5-16)6-7-22(13)31-24(33)18-10-20(27)21(28)11-19(18)25(31)34/h2-8,14,18-21H,9-12H2,1H3/t14-,18-,19+,20+,21+/m1/s1. The summed E-state index contributed by atoms with van der Waals surface area (Å²) in [4.78, 5) is 54.7. The van der Waals surface area contributed by atoms with Crippen molar-refractivity contribution >= 4 is 78.5 Å². The second-order valence-corrected chi connectivity index (χ2v) is 12.3. The summed E-state index contributed by atoms with van der Waals surface area (Å²) in [6, 6.07) is 11.7. The lowest BCUT2D eigenvalue weighted by molar-refractivity contribution is -0.139. The molecule has 3 aliphatic rings. The smallest absolute Gasteiger partial charge is 0.316 e. The summed E-state index contributed by atoms with van der Waals surface area (Å²) in [5, 5.41) is 0.566. The van der Waals surface area contributed by atoms with Gasteiger partial charge in [0.05, 0.1) is 23.4 Å². The van der Waals surface area contributed by atoms with Gasteiger partial charge in [0.2, 0.25) is 17.7 Å². The van der Waals surface area contributed by atoms with Gasteiger partial charge in [0.25, 0.3) is 0 Å². The van der Waals surface area contributed by atoms with E-state index in [2.05, 4.69) is 31.9 Å². The highest BCUT2D eigenvalue weighted by Crippen LogP contribution is 2.45. The molecule has 188 valence electrons. The maximum atomic E-state index is 13.1. The average Bonchev–Trinajstić information content (AvgIpc) is 3.33. The van der Waals surface area contributed by atoms with Crippen LogP contribution in [-0.4, -0.2) is 39.9 Å². The highest BCUT2D eigenvalue weighted by molar-refractivity contribution is 9.12.